The lowest BCUT2D eigenvalue weighted by Crippen LogP contribution is -2.34. The van der Waals surface area contributed by atoms with Crippen LogP contribution in [0.3, 0.4) is 0 Å². The number of benzene rings is 4. The van der Waals surface area contributed by atoms with Gasteiger partial charge in [-0.1, -0.05) is 120 Å². The van der Waals surface area contributed by atoms with Crippen LogP contribution < -0.4 is 11.1 Å². The molecule has 0 bridgehead atoms. The van der Waals surface area contributed by atoms with E-state index in [1.54, 1.807) is 20.8 Å². The van der Waals surface area contributed by atoms with Gasteiger partial charge in [0.1, 0.15) is 11.2 Å². The SMILES string of the molecule is CC(C)(C)OC(=O)C[C@@H](Cc1ccccc1)C(=O)O.Cc1ccc(CN)cc1.Cc1ccc(CNC(=O)[C@@H](CC(=O)OC(C)(C)C)Cc2ccccc2)cc1. The van der Waals surface area contributed by atoms with E-state index in [1.165, 1.54) is 16.7 Å². The second-order valence-corrected chi connectivity index (χ2v) is 15.6. The zero-order valence-electron chi connectivity index (χ0n) is 33.8. The Hall–Kier alpha value is -5.28. The predicted octanol–water partition coefficient (Wildman–Crippen LogP) is 8.32. The molecule has 2 atom stereocenters. The number of carbonyl (C=O) groups excluding carboxylic acids is 3. The third-order valence-corrected chi connectivity index (χ3v) is 7.98. The number of carboxylic acid groups (broad SMARTS) is 1. The highest BCUT2D eigenvalue weighted by atomic mass is 16.6. The van der Waals surface area contributed by atoms with Crippen LogP contribution >= 0.6 is 0 Å². The van der Waals surface area contributed by atoms with Crippen molar-refractivity contribution in [3.8, 4) is 0 Å². The smallest absolute Gasteiger partial charge is 0.307 e. The van der Waals surface area contributed by atoms with E-state index in [9.17, 15) is 24.3 Å². The van der Waals surface area contributed by atoms with Crippen molar-refractivity contribution < 1.29 is 33.8 Å². The van der Waals surface area contributed by atoms with Gasteiger partial charge in [0, 0.05) is 13.1 Å². The summed E-state index contributed by atoms with van der Waals surface area (Å²) >= 11 is 0. The predicted molar refractivity (Wildman–Crippen MR) is 218 cm³/mol. The van der Waals surface area contributed by atoms with Crippen molar-refractivity contribution in [2.45, 2.75) is 105 Å². The van der Waals surface area contributed by atoms with Gasteiger partial charge in [-0.05, 0) is 90.5 Å². The number of ether oxygens (including phenoxy) is 2. The molecule has 0 fully saturated rings. The molecule has 4 aromatic rings. The second-order valence-electron chi connectivity index (χ2n) is 15.6. The number of nitrogens with one attached hydrogen (secondary N) is 1. The van der Waals surface area contributed by atoms with E-state index in [0.29, 0.717) is 25.9 Å². The molecule has 4 aromatic carbocycles. The van der Waals surface area contributed by atoms with Crippen LogP contribution in [0.2, 0.25) is 0 Å². The molecule has 55 heavy (non-hydrogen) atoms. The molecule has 0 aromatic heterocycles. The molecule has 296 valence electrons. The molecular weight excluding hydrogens is 693 g/mol. The first-order valence-electron chi connectivity index (χ1n) is 18.7. The van der Waals surface area contributed by atoms with E-state index in [0.717, 1.165) is 16.7 Å². The maximum atomic E-state index is 12.8. The third kappa shape index (κ3) is 20.7. The lowest BCUT2D eigenvalue weighted by Gasteiger charge is -2.22. The lowest BCUT2D eigenvalue weighted by atomic mass is 9.95. The first-order chi connectivity index (χ1) is 25.8. The van der Waals surface area contributed by atoms with Gasteiger partial charge in [0.05, 0.1) is 24.7 Å². The number of esters is 2. The molecule has 0 aliphatic heterocycles. The number of carbonyl (C=O) groups is 4. The maximum absolute atomic E-state index is 12.8. The molecule has 9 heteroatoms. The van der Waals surface area contributed by atoms with Crippen LogP contribution in [0.15, 0.2) is 109 Å². The van der Waals surface area contributed by atoms with Crippen molar-refractivity contribution in [1.29, 1.82) is 0 Å². The minimum atomic E-state index is -0.977. The highest BCUT2D eigenvalue weighted by Crippen LogP contribution is 2.18. The van der Waals surface area contributed by atoms with Crippen LogP contribution in [0.4, 0.5) is 0 Å². The molecule has 4 rings (SSSR count). The number of carboxylic acids is 1. The Morgan fingerprint density at radius 2 is 0.964 bits per heavy atom. The van der Waals surface area contributed by atoms with Crippen LogP contribution in [0.25, 0.3) is 0 Å². The summed E-state index contributed by atoms with van der Waals surface area (Å²) in [6.45, 7) is 15.9. The highest BCUT2D eigenvalue weighted by molar-refractivity contribution is 5.84. The number of amides is 1. The molecule has 0 aliphatic carbocycles. The quantitative estimate of drug-likeness (QED) is 0.116. The van der Waals surface area contributed by atoms with Crippen molar-refractivity contribution in [1.82, 2.24) is 5.32 Å². The van der Waals surface area contributed by atoms with E-state index >= 15 is 0 Å². The summed E-state index contributed by atoms with van der Waals surface area (Å²) in [6, 6.07) is 35.3. The van der Waals surface area contributed by atoms with E-state index in [-0.39, 0.29) is 24.7 Å². The van der Waals surface area contributed by atoms with E-state index in [4.69, 9.17) is 15.2 Å². The number of hydrogen-bond donors (Lipinski definition) is 3. The monoisotopic (exact) mass is 752 g/mol. The fourth-order valence-electron chi connectivity index (χ4n) is 5.23. The summed E-state index contributed by atoms with van der Waals surface area (Å²) in [6.07, 6.45) is 0.780. The summed E-state index contributed by atoms with van der Waals surface area (Å²) in [7, 11) is 0. The van der Waals surface area contributed by atoms with Gasteiger partial charge in [-0.15, -0.1) is 0 Å². The highest BCUT2D eigenvalue weighted by Gasteiger charge is 2.27. The third-order valence-electron chi connectivity index (χ3n) is 7.98. The molecule has 4 N–H and O–H groups in total. The van der Waals surface area contributed by atoms with Crippen LogP contribution in [0.1, 0.15) is 87.8 Å². The molecular formula is C46H60N2O7. The van der Waals surface area contributed by atoms with Crippen LogP contribution in [-0.2, 0) is 54.6 Å². The largest absolute Gasteiger partial charge is 0.481 e. The zero-order chi connectivity index (χ0) is 41.0. The zero-order valence-corrected chi connectivity index (χ0v) is 33.8. The Kier molecular flexibility index (Phi) is 19.0. The molecule has 0 saturated heterocycles. The molecule has 1 amide bonds. The Labute approximate surface area is 327 Å². The fraction of sp³-hybridized carbons (Fsp3) is 0.391. The molecule has 0 saturated carbocycles. The molecule has 0 radical (unpaired) electrons. The van der Waals surface area contributed by atoms with Crippen molar-refractivity contribution >= 4 is 23.8 Å². The fourth-order valence-corrected chi connectivity index (χ4v) is 5.23. The van der Waals surface area contributed by atoms with Gasteiger partial charge in [-0.2, -0.15) is 0 Å². The minimum Gasteiger partial charge on any atom is -0.481 e. The molecule has 0 spiro atoms. The number of rotatable bonds is 13. The van der Waals surface area contributed by atoms with Crippen molar-refractivity contribution in [3.05, 3.63) is 143 Å². The Morgan fingerprint density at radius 3 is 1.35 bits per heavy atom. The Bertz CT molecular complexity index is 1740. The van der Waals surface area contributed by atoms with E-state index < -0.39 is 35.0 Å². The first kappa shape index (κ1) is 45.9. The first-order valence-corrected chi connectivity index (χ1v) is 18.7. The average Bonchev–Trinajstić information content (AvgIpc) is 3.11. The van der Waals surface area contributed by atoms with Crippen LogP contribution in [-0.4, -0.2) is 40.1 Å². The van der Waals surface area contributed by atoms with Gasteiger partial charge in [-0.25, -0.2) is 0 Å². The standard InChI is InChI=1S/C23H29NO3.C15H20O4.C8H11N/c1-17-10-12-19(13-11-17)16-24-22(26)20(14-18-8-6-5-7-9-18)15-21(25)27-23(2,3)4;1-15(2,3)19-13(16)10-12(14(17)18)9-11-7-5-4-6-8-11;1-7-2-4-8(6-9)5-3-7/h5-13,20H,14-16H2,1-4H3,(H,24,26);4-8,12H,9-10H2,1-3H3,(H,17,18);2-5H,6,9H2,1H3/t20-;12-;/m11./s1. The lowest BCUT2D eigenvalue weighted by molar-refractivity contribution is -0.159. The minimum absolute atomic E-state index is 0.0614. The molecule has 9 nitrogen and oxygen atoms in total. The second kappa shape index (κ2) is 22.8. The van der Waals surface area contributed by atoms with Gasteiger partial charge in [-0.3, -0.25) is 19.2 Å². The Balaban J connectivity index is 0.000000322. The van der Waals surface area contributed by atoms with Crippen LogP contribution in [0, 0.1) is 25.7 Å². The summed E-state index contributed by atoms with van der Waals surface area (Å²) in [5.74, 6) is -3.16. The summed E-state index contributed by atoms with van der Waals surface area (Å²) in [5.41, 5.74) is 10.9. The number of hydrogen-bond acceptors (Lipinski definition) is 7. The molecule has 0 unspecified atom stereocenters. The number of aryl methyl sites for hydroxylation is 2. The number of nitrogens with two attached hydrogens (primary N) is 1. The van der Waals surface area contributed by atoms with Gasteiger partial charge in [0.15, 0.2) is 0 Å². The summed E-state index contributed by atoms with van der Waals surface area (Å²) in [4.78, 5) is 47.9. The topological polar surface area (TPSA) is 145 Å². The van der Waals surface area contributed by atoms with Gasteiger partial charge in [0.25, 0.3) is 0 Å². The molecule has 0 heterocycles. The van der Waals surface area contributed by atoms with Gasteiger partial charge in [0.2, 0.25) is 5.91 Å². The van der Waals surface area contributed by atoms with Gasteiger partial charge < -0.3 is 25.6 Å². The maximum Gasteiger partial charge on any atom is 0.307 e. The summed E-state index contributed by atoms with van der Waals surface area (Å²) < 4.78 is 10.6. The van der Waals surface area contributed by atoms with Crippen molar-refractivity contribution in [2.24, 2.45) is 17.6 Å². The Morgan fingerprint density at radius 1 is 0.582 bits per heavy atom. The molecule has 0 aliphatic rings. The number of aliphatic carboxylic acids is 1. The van der Waals surface area contributed by atoms with E-state index in [1.807, 2.05) is 113 Å². The van der Waals surface area contributed by atoms with Crippen LogP contribution in [0.5, 0.6) is 0 Å². The van der Waals surface area contributed by atoms with Crippen molar-refractivity contribution in [2.75, 3.05) is 0 Å². The van der Waals surface area contributed by atoms with Gasteiger partial charge >= 0.3 is 17.9 Å². The van der Waals surface area contributed by atoms with Crippen molar-refractivity contribution in [3.63, 3.8) is 0 Å². The van der Waals surface area contributed by atoms with E-state index in [2.05, 4.69) is 36.5 Å². The average molecular weight is 753 g/mol. The summed E-state index contributed by atoms with van der Waals surface area (Å²) in [5, 5.41) is 12.1. The normalized spacial score (nSPS) is 12.0.